The zero-order valence-corrected chi connectivity index (χ0v) is 15.8. The van der Waals surface area contributed by atoms with E-state index in [1.807, 2.05) is 31.2 Å². The van der Waals surface area contributed by atoms with Crippen molar-refractivity contribution >= 4 is 27.5 Å². The van der Waals surface area contributed by atoms with Crippen LogP contribution >= 0.6 is 0 Å². The molecule has 0 aromatic heterocycles. The molecule has 1 aliphatic heterocycles. The average molecular weight is 387 g/mol. The molecule has 0 unspecified atom stereocenters. The van der Waals surface area contributed by atoms with Gasteiger partial charge in [-0.2, -0.15) is 4.31 Å². The number of anilines is 1. The second-order valence-corrected chi connectivity index (χ2v) is 8.36. The standard InChI is InChI=1S/C19H21N3O4S/c1-14-5-7-15(8-6-14)11-18(23)21-16-3-2-4-17(12-16)27(25,26)22-10-9-20-19(24)13-22/h2-8,12H,9-11,13H2,1H3,(H,20,24)(H,21,23). The van der Waals surface area contributed by atoms with Crippen molar-refractivity contribution in [3.63, 3.8) is 0 Å². The molecule has 0 bridgehead atoms. The number of carbonyl (C=O) groups is 2. The molecule has 0 saturated carbocycles. The number of rotatable bonds is 5. The second-order valence-electron chi connectivity index (χ2n) is 6.43. The van der Waals surface area contributed by atoms with E-state index in [0.717, 1.165) is 15.4 Å². The molecular formula is C19H21N3O4S. The Morgan fingerprint density at radius 3 is 2.63 bits per heavy atom. The lowest BCUT2D eigenvalue weighted by Gasteiger charge is -2.26. The first-order chi connectivity index (χ1) is 12.8. The number of nitrogens with zero attached hydrogens (tertiary/aromatic N) is 1. The summed E-state index contributed by atoms with van der Waals surface area (Å²) >= 11 is 0. The Morgan fingerprint density at radius 1 is 1.19 bits per heavy atom. The third-order valence-corrected chi connectivity index (χ3v) is 6.09. The minimum atomic E-state index is -3.80. The van der Waals surface area contributed by atoms with Gasteiger partial charge < -0.3 is 10.6 Å². The maximum Gasteiger partial charge on any atom is 0.243 e. The molecule has 0 radical (unpaired) electrons. The molecule has 142 valence electrons. The van der Waals surface area contributed by atoms with Crippen LogP contribution in [-0.2, 0) is 26.0 Å². The van der Waals surface area contributed by atoms with Gasteiger partial charge in [0.05, 0.1) is 17.9 Å². The minimum absolute atomic E-state index is 0.0466. The highest BCUT2D eigenvalue weighted by molar-refractivity contribution is 7.89. The summed E-state index contributed by atoms with van der Waals surface area (Å²) < 4.78 is 26.6. The van der Waals surface area contributed by atoms with Crippen LogP contribution < -0.4 is 10.6 Å². The third kappa shape index (κ3) is 4.72. The molecule has 1 saturated heterocycles. The first kappa shape index (κ1) is 19.1. The lowest BCUT2D eigenvalue weighted by molar-refractivity contribution is -0.122. The Hall–Kier alpha value is -2.71. The molecule has 0 spiro atoms. The van der Waals surface area contributed by atoms with Crippen LogP contribution in [0.2, 0.25) is 0 Å². The van der Waals surface area contributed by atoms with Crippen molar-refractivity contribution in [2.24, 2.45) is 0 Å². The quantitative estimate of drug-likeness (QED) is 0.808. The van der Waals surface area contributed by atoms with Crippen molar-refractivity contribution in [1.82, 2.24) is 9.62 Å². The van der Waals surface area contributed by atoms with Gasteiger partial charge in [-0.05, 0) is 30.7 Å². The van der Waals surface area contributed by atoms with Gasteiger partial charge in [0.2, 0.25) is 21.8 Å². The largest absolute Gasteiger partial charge is 0.354 e. The van der Waals surface area contributed by atoms with Gasteiger partial charge in [0.1, 0.15) is 0 Å². The second kappa shape index (κ2) is 7.89. The monoisotopic (exact) mass is 387 g/mol. The molecule has 2 amide bonds. The zero-order chi connectivity index (χ0) is 19.4. The van der Waals surface area contributed by atoms with Crippen LogP contribution in [0.3, 0.4) is 0 Å². The predicted octanol–water partition coefficient (Wildman–Crippen LogP) is 1.30. The van der Waals surface area contributed by atoms with Crippen molar-refractivity contribution < 1.29 is 18.0 Å². The Bertz CT molecular complexity index is 955. The van der Waals surface area contributed by atoms with Crippen LogP contribution in [0, 0.1) is 6.92 Å². The Balaban J connectivity index is 1.72. The summed E-state index contributed by atoms with van der Waals surface area (Å²) in [5.74, 6) is -0.557. The lowest BCUT2D eigenvalue weighted by atomic mass is 10.1. The Labute approximate surface area is 158 Å². The fourth-order valence-electron chi connectivity index (χ4n) is 2.80. The van der Waals surface area contributed by atoms with Crippen LogP contribution in [0.1, 0.15) is 11.1 Å². The topological polar surface area (TPSA) is 95.6 Å². The molecule has 2 aromatic rings. The number of piperazine rings is 1. The number of hydrogen-bond donors (Lipinski definition) is 2. The van der Waals surface area contributed by atoms with Crippen LogP contribution in [0.5, 0.6) is 0 Å². The number of carbonyl (C=O) groups excluding carboxylic acids is 2. The maximum atomic E-state index is 12.7. The van der Waals surface area contributed by atoms with Gasteiger partial charge in [0.15, 0.2) is 0 Å². The maximum absolute atomic E-state index is 12.7. The molecule has 1 heterocycles. The lowest BCUT2D eigenvalue weighted by Crippen LogP contribution is -2.49. The molecule has 2 aromatic carbocycles. The van der Waals surface area contributed by atoms with Crippen LogP contribution in [0.25, 0.3) is 0 Å². The van der Waals surface area contributed by atoms with E-state index < -0.39 is 10.0 Å². The van der Waals surface area contributed by atoms with Crippen LogP contribution in [-0.4, -0.2) is 44.2 Å². The SMILES string of the molecule is Cc1ccc(CC(=O)Nc2cccc(S(=O)(=O)N3CCNC(=O)C3)c2)cc1. The van der Waals surface area contributed by atoms with Gasteiger partial charge in [-0.1, -0.05) is 35.9 Å². The van der Waals surface area contributed by atoms with Crippen LogP contribution in [0.4, 0.5) is 5.69 Å². The highest BCUT2D eigenvalue weighted by Crippen LogP contribution is 2.20. The molecule has 1 aliphatic rings. The Kier molecular flexibility index (Phi) is 5.57. The van der Waals surface area contributed by atoms with E-state index in [4.69, 9.17) is 0 Å². The van der Waals surface area contributed by atoms with E-state index in [-0.39, 0.29) is 42.8 Å². The summed E-state index contributed by atoms with van der Waals surface area (Å²) in [4.78, 5) is 23.8. The third-order valence-electron chi connectivity index (χ3n) is 4.24. The van der Waals surface area contributed by atoms with Crippen molar-refractivity contribution in [3.05, 3.63) is 59.7 Å². The summed E-state index contributed by atoms with van der Waals surface area (Å²) in [6.07, 6.45) is 0.198. The molecule has 0 atom stereocenters. The van der Waals surface area contributed by atoms with Gasteiger partial charge in [-0.25, -0.2) is 8.42 Å². The molecule has 8 heteroatoms. The molecule has 1 fully saturated rings. The number of aryl methyl sites for hydroxylation is 1. The highest BCUT2D eigenvalue weighted by Gasteiger charge is 2.29. The summed E-state index contributed by atoms with van der Waals surface area (Å²) in [5, 5.41) is 5.33. The summed E-state index contributed by atoms with van der Waals surface area (Å²) in [5.41, 5.74) is 2.39. The molecular weight excluding hydrogens is 366 g/mol. The molecule has 27 heavy (non-hydrogen) atoms. The van der Waals surface area contributed by atoms with Gasteiger partial charge in [0.25, 0.3) is 0 Å². The van der Waals surface area contributed by atoms with Crippen molar-refractivity contribution in [1.29, 1.82) is 0 Å². The normalized spacial score (nSPS) is 15.2. The molecule has 7 nitrogen and oxygen atoms in total. The highest BCUT2D eigenvalue weighted by atomic mass is 32.2. The molecule has 2 N–H and O–H groups in total. The van der Waals surface area contributed by atoms with Crippen molar-refractivity contribution in [2.45, 2.75) is 18.2 Å². The van der Waals surface area contributed by atoms with Gasteiger partial charge >= 0.3 is 0 Å². The minimum Gasteiger partial charge on any atom is -0.354 e. The molecule has 0 aliphatic carbocycles. The first-order valence-corrected chi connectivity index (χ1v) is 10.0. The van der Waals surface area contributed by atoms with Gasteiger partial charge in [-0.15, -0.1) is 0 Å². The van der Waals surface area contributed by atoms with E-state index in [2.05, 4.69) is 10.6 Å². The molecule has 3 rings (SSSR count). The van der Waals surface area contributed by atoms with E-state index in [1.54, 1.807) is 12.1 Å². The van der Waals surface area contributed by atoms with E-state index in [1.165, 1.54) is 12.1 Å². The number of amides is 2. The Morgan fingerprint density at radius 2 is 1.93 bits per heavy atom. The number of sulfonamides is 1. The van der Waals surface area contributed by atoms with Gasteiger partial charge in [0, 0.05) is 18.8 Å². The average Bonchev–Trinajstić information content (AvgIpc) is 2.64. The summed E-state index contributed by atoms with van der Waals surface area (Å²) in [6, 6.07) is 13.7. The first-order valence-electron chi connectivity index (χ1n) is 8.57. The van der Waals surface area contributed by atoms with Crippen LogP contribution in [0.15, 0.2) is 53.4 Å². The number of nitrogens with one attached hydrogen (secondary N) is 2. The van der Waals surface area contributed by atoms with Crippen molar-refractivity contribution in [3.8, 4) is 0 Å². The van der Waals surface area contributed by atoms with Gasteiger partial charge in [-0.3, -0.25) is 9.59 Å². The van der Waals surface area contributed by atoms with Crippen molar-refractivity contribution in [2.75, 3.05) is 25.0 Å². The fourth-order valence-corrected chi connectivity index (χ4v) is 4.24. The smallest absolute Gasteiger partial charge is 0.243 e. The number of benzene rings is 2. The fraction of sp³-hybridized carbons (Fsp3) is 0.263. The summed E-state index contributed by atoms with van der Waals surface area (Å²) in [6.45, 7) is 2.28. The van der Waals surface area contributed by atoms with E-state index in [0.29, 0.717) is 5.69 Å². The predicted molar refractivity (Wildman–Crippen MR) is 102 cm³/mol. The number of hydrogen-bond acceptors (Lipinski definition) is 4. The van der Waals surface area contributed by atoms with E-state index >= 15 is 0 Å². The van der Waals surface area contributed by atoms with E-state index in [9.17, 15) is 18.0 Å². The summed E-state index contributed by atoms with van der Waals surface area (Å²) in [7, 11) is -3.80. The zero-order valence-electron chi connectivity index (χ0n) is 14.9.